The Morgan fingerprint density at radius 1 is 1.31 bits per heavy atom. The van der Waals surface area contributed by atoms with Gasteiger partial charge in [0.05, 0.1) is 18.1 Å². The van der Waals surface area contributed by atoms with Gasteiger partial charge in [-0.2, -0.15) is 4.37 Å². The topological polar surface area (TPSA) is 99.4 Å². The van der Waals surface area contributed by atoms with Crippen LogP contribution in [0.5, 0.6) is 0 Å². The van der Waals surface area contributed by atoms with Gasteiger partial charge < -0.3 is 14.4 Å². The van der Waals surface area contributed by atoms with Crippen LogP contribution in [0.25, 0.3) is 16.2 Å². The zero-order chi connectivity index (χ0) is 20.5. The number of rotatable bonds is 6. The first-order valence-corrected chi connectivity index (χ1v) is 10.2. The van der Waals surface area contributed by atoms with Crippen molar-refractivity contribution in [1.29, 1.82) is 0 Å². The highest BCUT2D eigenvalue weighted by atomic mass is 32.1. The first kappa shape index (κ1) is 19.5. The standard InChI is InChI=1S/C19H21N5O4S/c1-4-27-12-7-23(8-12)14-6-11(3)15-16(25)13(18(26)28-5-2)9-24(17(15)22-14)19-20-10-21-29-19/h6,9-10,12H,4-5,7-8H2,1-3H3. The van der Waals surface area contributed by atoms with Gasteiger partial charge in [-0.05, 0) is 32.4 Å². The van der Waals surface area contributed by atoms with Gasteiger partial charge in [0.2, 0.25) is 10.6 Å². The molecule has 29 heavy (non-hydrogen) atoms. The molecule has 3 aromatic heterocycles. The van der Waals surface area contributed by atoms with Gasteiger partial charge in [-0.3, -0.25) is 9.36 Å². The molecule has 0 saturated carbocycles. The van der Waals surface area contributed by atoms with E-state index in [0.717, 1.165) is 36.0 Å². The number of carbonyl (C=O) groups excluding carboxylic acids is 1. The number of pyridine rings is 2. The third-order valence-corrected chi connectivity index (χ3v) is 5.43. The van der Waals surface area contributed by atoms with Crippen molar-refractivity contribution in [1.82, 2.24) is 18.9 Å². The lowest BCUT2D eigenvalue weighted by atomic mass is 10.1. The molecule has 9 nitrogen and oxygen atoms in total. The van der Waals surface area contributed by atoms with E-state index < -0.39 is 11.4 Å². The summed E-state index contributed by atoms with van der Waals surface area (Å²) in [6.45, 7) is 7.86. The molecule has 0 unspecified atom stereocenters. The van der Waals surface area contributed by atoms with Crippen LogP contribution in [0.2, 0.25) is 0 Å². The summed E-state index contributed by atoms with van der Waals surface area (Å²) in [7, 11) is 0. The van der Waals surface area contributed by atoms with Crippen molar-refractivity contribution in [3.05, 3.63) is 39.9 Å². The summed E-state index contributed by atoms with van der Waals surface area (Å²) in [5, 5.41) is 0.886. The van der Waals surface area contributed by atoms with Gasteiger partial charge in [0, 0.05) is 37.4 Å². The lowest BCUT2D eigenvalue weighted by molar-refractivity contribution is 0.0427. The summed E-state index contributed by atoms with van der Waals surface area (Å²) in [6, 6.07) is 1.87. The lowest BCUT2D eigenvalue weighted by Crippen LogP contribution is -2.52. The maximum absolute atomic E-state index is 13.1. The van der Waals surface area contributed by atoms with Gasteiger partial charge in [-0.25, -0.2) is 14.8 Å². The largest absolute Gasteiger partial charge is 0.462 e. The maximum atomic E-state index is 13.1. The number of aryl methyl sites for hydroxylation is 1. The van der Waals surface area contributed by atoms with Crippen LogP contribution in [0, 0.1) is 6.92 Å². The van der Waals surface area contributed by atoms with Crippen LogP contribution in [0.3, 0.4) is 0 Å². The number of hydrogen-bond acceptors (Lipinski definition) is 9. The number of nitrogens with zero attached hydrogens (tertiary/aromatic N) is 5. The molecule has 152 valence electrons. The molecule has 0 atom stereocenters. The molecule has 1 fully saturated rings. The Hall–Kier alpha value is -2.85. The van der Waals surface area contributed by atoms with Crippen LogP contribution in [-0.2, 0) is 9.47 Å². The van der Waals surface area contributed by atoms with Crippen molar-refractivity contribution in [2.24, 2.45) is 0 Å². The van der Waals surface area contributed by atoms with Gasteiger partial charge in [0.25, 0.3) is 0 Å². The average molecular weight is 415 g/mol. The number of fused-ring (bicyclic) bond motifs is 1. The fourth-order valence-electron chi connectivity index (χ4n) is 3.38. The Morgan fingerprint density at radius 3 is 2.76 bits per heavy atom. The molecule has 0 bridgehead atoms. The van der Waals surface area contributed by atoms with Crippen LogP contribution in [0.15, 0.2) is 23.4 Å². The normalized spacial score (nSPS) is 14.2. The zero-order valence-electron chi connectivity index (χ0n) is 16.4. The monoisotopic (exact) mass is 415 g/mol. The van der Waals surface area contributed by atoms with E-state index in [-0.39, 0.29) is 18.3 Å². The Bertz CT molecular complexity index is 1110. The van der Waals surface area contributed by atoms with Crippen molar-refractivity contribution in [3.63, 3.8) is 0 Å². The molecule has 10 heteroatoms. The van der Waals surface area contributed by atoms with Gasteiger partial charge in [0.1, 0.15) is 17.7 Å². The molecule has 0 aliphatic carbocycles. The second-order valence-electron chi connectivity index (χ2n) is 6.66. The minimum Gasteiger partial charge on any atom is -0.462 e. The molecule has 0 radical (unpaired) electrons. The molecular weight excluding hydrogens is 394 g/mol. The summed E-state index contributed by atoms with van der Waals surface area (Å²) >= 11 is 1.15. The molecule has 0 amide bonds. The van der Waals surface area contributed by atoms with E-state index in [9.17, 15) is 9.59 Å². The molecule has 1 aliphatic rings. The molecule has 0 N–H and O–H groups in total. The third kappa shape index (κ3) is 3.49. The first-order valence-electron chi connectivity index (χ1n) is 9.41. The average Bonchev–Trinajstić information content (AvgIpc) is 3.18. The highest BCUT2D eigenvalue weighted by Gasteiger charge is 2.29. The summed E-state index contributed by atoms with van der Waals surface area (Å²) < 4.78 is 16.4. The number of carbonyl (C=O) groups is 1. The fourth-order valence-corrected chi connectivity index (χ4v) is 3.89. The van der Waals surface area contributed by atoms with Crippen molar-refractivity contribution < 1.29 is 14.3 Å². The number of esters is 1. The molecule has 0 spiro atoms. The van der Waals surface area contributed by atoms with Crippen LogP contribution < -0.4 is 10.3 Å². The predicted octanol–water partition coefficient (Wildman–Crippen LogP) is 1.95. The van der Waals surface area contributed by atoms with E-state index in [2.05, 4.69) is 14.3 Å². The van der Waals surface area contributed by atoms with E-state index in [4.69, 9.17) is 14.5 Å². The number of anilines is 1. The SMILES string of the molecule is CCOC(=O)c1cn(-c2ncns2)c2nc(N3CC(OCC)C3)cc(C)c2c1=O. The third-order valence-electron chi connectivity index (χ3n) is 4.77. The van der Waals surface area contributed by atoms with E-state index in [0.29, 0.717) is 22.8 Å². The van der Waals surface area contributed by atoms with Crippen LogP contribution >= 0.6 is 11.5 Å². The van der Waals surface area contributed by atoms with Gasteiger partial charge in [-0.15, -0.1) is 0 Å². The highest BCUT2D eigenvalue weighted by molar-refractivity contribution is 7.08. The highest BCUT2D eigenvalue weighted by Crippen LogP contribution is 2.27. The van der Waals surface area contributed by atoms with Crippen LogP contribution in [0.4, 0.5) is 5.82 Å². The van der Waals surface area contributed by atoms with Crippen molar-refractivity contribution in [2.45, 2.75) is 26.9 Å². The minimum absolute atomic E-state index is 0.0486. The molecule has 4 rings (SSSR count). The second-order valence-corrected chi connectivity index (χ2v) is 7.42. The summed E-state index contributed by atoms with van der Waals surface area (Å²) in [4.78, 5) is 36.5. The van der Waals surface area contributed by atoms with E-state index in [1.165, 1.54) is 12.5 Å². The lowest BCUT2D eigenvalue weighted by Gasteiger charge is -2.39. The van der Waals surface area contributed by atoms with Gasteiger partial charge in [0.15, 0.2) is 5.65 Å². The zero-order valence-corrected chi connectivity index (χ0v) is 17.2. The Balaban J connectivity index is 1.88. The molecule has 4 heterocycles. The maximum Gasteiger partial charge on any atom is 0.343 e. The van der Waals surface area contributed by atoms with Crippen LogP contribution in [0.1, 0.15) is 29.8 Å². The minimum atomic E-state index is -0.663. The smallest absolute Gasteiger partial charge is 0.343 e. The Morgan fingerprint density at radius 2 is 2.10 bits per heavy atom. The molecular formula is C19H21N5O4S. The number of aromatic nitrogens is 4. The molecule has 1 aliphatic heterocycles. The number of ether oxygens (including phenoxy) is 2. The van der Waals surface area contributed by atoms with Gasteiger partial charge in [-0.1, -0.05) is 0 Å². The molecule has 1 saturated heterocycles. The van der Waals surface area contributed by atoms with Crippen molar-refractivity contribution >= 4 is 34.4 Å². The van der Waals surface area contributed by atoms with Crippen molar-refractivity contribution in [3.8, 4) is 5.13 Å². The van der Waals surface area contributed by atoms with Gasteiger partial charge >= 0.3 is 5.97 Å². The summed E-state index contributed by atoms with van der Waals surface area (Å²) in [5.74, 6) is 0.0935. The Labute approximate surface area is 171 Å². The first-order chi connectivity index (χ1) is 14.0. The van der Waals surface area contributed by atoms with Crippen molar-refractivity contribution in [2.75, 3.05) is 31.2 Å². The molecule has 0 aromatic carbocycles. The van der Waals surface area contributed by atoms with E-state index in [1.54, 1.807) is 11.5 Å². The predicted molar refractivity (Wildman–Crippen MR) is 109 cm³/mol. The summed E-state index contributed by atoms with van der Waals surface area (Å²) in [6.07, 6.45) is 3.06. The fraction of sp³-hybridized carbons (Fsp3) is 0.421. The summed E-state index contributed by atoms with van der Waals surface area (Å²) in [5.41, 5.74) is 0.730. The molecule has 3 aromatic rings. The van der Waals surface area contributed by atoms with E-state index in [1.807, 2.05) is 19.9 Å². The second kappa shape index (κ2) is 7.88. The number of hydrogen-bond donors (Lipinski definition) is 0. The quantitative estimate of drug-likeness (QED) is 0.563. The van der Waals surface area contributed by atoms with Crippen LogP contribution in [-0.4, -0.2) is 57.3 Å². The Kier molecular flexibility index (Phi) is 5.29. The van der Waals surface area contributed by atoms with E-state index >= 15 is 0 Å².